The molecular formula is C14H24N4O. The highest BCUT2D eigenvalue weighted by molar-refractivity contribution is 5.55. The van der Waals surface area contributed by atoms with Gasteiger partial charge in [-0.3, -0.25) is 0 Å². The van der Waals surface area contributed by atoms with Crippen molar-refractivity contribution in [3.8, 4) is 0 Å². The van der Waals surface area contributed by atoms with Crippen LogP contribution in [0, 0.1) is 6.92 Å². The first-order valence-corrected chi connectivity index (χ1v) is 6.82. The van der Waals surface area contributed by atoms with Crippen molar-refractivity contribution in [1.82, 2.24) is 9.97 Å². The number of aromatic nitrogens is 2. The Kier molecular flexibility index (Phi) is 3.67. The first kappa shape index (κ1) is 14.1. The van der Waals surface area contributed by atoms with Crippen LogP contribution < -0.4 is 11.1 Å². The van der Waals surface area contributed by atoms with E-state index in [1.165, 1.54) is 0 Å². The van der Waals surface area contributed by atoms with E-state index < -0.39 is 0 Å². The maximum atomic E-state index is 6.00. The summed E-state index contributed by atoms with van der Waals surface area (Å²) >= 11 is 0. The van der Waals surface area contributed by atoms with Crippen LogP contribution in [0.15, 0.2) is 0 Å². The summed E-state index contributed by atoms with van der Waals surface area (Å²) in [5, 5.41) is 3.46. The fraction of sp³-hybridized carbons (Fsp3) is 0.714. The van der Waals surface area contributed by atoms with Gasteiger partial charge >= 0.3 is 0 Å². The molecule has 0 aromatic carbocycles. The molecule has 19 heavy (non-hydrogen) atoms. The van der Waals surface area contributed by atoms with Crippen molar-refractivity contribution in [2.45, 2.75) is 58.6 Å². The van der Waals surface area contributed by atoms with E-state index in [-0.39, 0.29) is 11.5 Å². The van der Waals surface area contributed by atoms with Crippen molar-refractivity contribution in [3.05, 3.63) is 11.4 Å². The van der Waals surface area contributed by atoms with Gasteiger partial charge < -0.3 is 15.8 Å². The molecular weight excluding hydrogens is 240 g/mol. The molecule has 1 fully saturated rings. The standard InChI is InChI=1S/C14H24N4O/c1-8-11(15)17-13(14(3,4)5)18-12(8)16-10-6-7-19-9(10)2/h9-10H,6-7H2,1-5H3,(H3,15,16,17,18). The summed E-state index contributed by atoms with van der Waals surface area (Å²) in [6, 6.07) is 0.292. The Bertz CT molecular complexity index is 467. The minimum absolute atomic E-state index is 0.115. The number of nitrogen functional groups attached to an aromatic ring is 1. The van der Waals surface area contributed by atoms with Crippen LogP contribution >= 0.6 is 0 Å². The van der Waals surface area contributed by atoms with Crippen LogP contribution in [0.3, 0.4) is 0 Å². The molecule has 0 radical (unpaired) electrons. The van der Waals surface area contributed by atoms with Crippen LogP contribution in [-0.2, 0) is 10.2 Å². The summed E-state index contributed by atoms with van der Waals surface area (Å²) in [5.74, 6) is 2.15. The number of nitrogens with zero attached hydrogens (tertiary/aromatic N) is 2. The van der Waals surface area contributed by atoms with E-state index >= 15 is 0 Å². The maximum absolute atomic E-state index is 6.00. The average molecular weight is 264 g/mol. The molecule has 0 aliphatic carbocycles. The Labute approximate surface area is 115 Å². The largest absolute Gasteiger partial charge is 0.383 e. The zero-order valence-corrected chi connectivity index (χ0v) is 12.4. The van der Waals surface area contributed by atoms with Gasteiger partial charge in [0.05, 0.1) is 12.1 Å². The van der Waals surface area contributed by atoms with Crippen molar-refractivity contribution in [3.63, 3.8) is 0 Å². The molecule has 5 nitrogen and oxygen atoms in total. The van der Waals surface area contributed by atoms with Gasteiger partial charge in [-0.2, -0.15) is 0 Å². The number of hydrogen-bond donors (Lipinski definition) is 2. The van der Waals surface area contributed by atoms with Crippen LogP contribution in [0.2, 0.25) is 0 Å². The SMILES string of the molecule is Cc1c(N)nc(C(C)(C)C)nc1NC1CCOC1C. The first-order chi connectivity index (χ1) is 8.79. The fourth-order valence-electron chi connectivity index (χ4n) is 2.11. The van der Waals surface area contributed by atoms with Gasteiger partial charge in [0.1, 0.15) is 17.5 Å². The third-order valence-corrected chi connectivity index (χ3v) is 3.55. The summed E-state index contributed by atoms with van der Waals surface area (Å²) in [5.41, 5.74) is 6.80. The van der Waals surface area contributed by atoms with Crippen molar-refractivity contribution >= 4 is 11.6 Å². The van der Waals surface area contributed by atoms with Crippen LogP contribution in [0.4, 0.5) is 11.6 Å². The Balaban J connectivity index is 2.31. The lowest BCUT2D eigenvalue weighted by Gasteiger charge is -2.22. The zero-order valence-electron chi connectivity index (χ0n) is 12.4. The fourth-order valence-corrected chi connectivity index (χ4v) is 2.11. The van der Waals surface area contributed by atoms with Gasteiger partial charge in [0, 0.05) is 17.6 Å². The van der Waals surface area contributed by atoms with Crippen molar-refractivity contribution in [2.75, 3.05) is 17.7 Å². The monoisotopic (exact) mass is 264 g/mol. The van der Waals surface area contributed by atoms with Crippen LogP contribution in [-0.4, -0.2) is 28.7 Å². The Morgan fingerprint density at radius 3 is 2.53 bits per heavy atom. The molecule has 1 aromatic rings. The molecule has 1 aliphatic heterocycles. The first-order valence-electron chi connectivity index (χ1n) is 6.82. The normalized spacial score (nSPS) is 23.6. The highest BCUT2D eigenvalue weighted by atomic mass is 16.5. The van der Waals surface area contributed by atoms with E-state index in [1.807, 2.05) is 6.92 Å². The Morgan fingerprint density at radius 2 is 2.00 bits per heavy atom. The van der Waals surface area contributed by atoms with Gasteiger partial charge in [0.2, 0.25) is 0 Å². The quantitative estimate of drug-likeness (QED) is 0.857. The summed E-state index contributed by atoms with van der Waals surface area (Å²) in [7, 11) is 0. The lowest BCUT2D eigenvalue weighted by Crippen LogP contribution is -2.29. The molecule has 106 valence electrons. The smallest absolute Gasteiger partial charge is 0.138 e. The van der Waals surface area contributed by atoms with Gasteiger partial charge in [-0.25, -0.2) is 9.97 Å². The second-order valence-corrected chi connectivity index (χ2v) is 6.27. The molecule has 0 saturated carbocycles. The van der Waals surface area contributed by atoms with Crippen molar-refractivity contribution < 1.29 is 4.74 Å². The minimum Gasteiger partial charge on any atom is -0.383 e. The molecule has 2 rings (SSSR count). The van der Waals surface area contributed by atoms with Gasteiger partial charge in [-0.1, -0.05) is 20.8 Å². The molecule has 1 aromatic heterocycles. The Morgan fingerprint density at radius 1 is 1.32 bits per heavy atom. The second kappa shape index (κ2) is 4.96. The van der Waals surface area contributed by atoms with E-state index in [0.29, 0.717) is 11.9 Å². The summed E-state index contributed by atoms with van der Waals surface area (Å²) < 4.78 is 5.57. The lowest BCUT2D eigenvalue weighted by atomic mass is 9.95. The highest BCUT2D eigenvalue weighted by Crippen LogP contribution is 2.26. The molecule has 0 spiro atoms. The third-order valence-electron chi connectivity index (χ3n) is 3.55. The van der Waals surface area contributed by atoms with Gasteiger partial charge in [-0.05, 0) is 20.3 Å². The molecule has 1 saturated heterocycles. The van der Waals surface area contributed by atoms with E-state index in [1.54, 1.807) is 0 Å². The summed E-state index contributed by atoms with van der Waals surface area (Å²) in [6.07, 6.45) is 1.20. The van der Waals surface area contributed by atoms with Crippen LogP contribution in [0.25, 0.3) is 0 Å². The predicted molar refractivity (Wildman–Crippen MR) is 77.3 cm³/mol. The molecule has 1 aliphatic rings. The predicted octanol–water partition coefficient (Wildman–Crippen LogP) is 2.25. The molecule has 2 atom stereocenters. The van der Waals surface area contributed by atoms with Gasteiger partial charge in [0.25, 0.3) is 0 Å². The molecule has 2 heterocycles. The van der Waals surface area contributed by atoms with Crippen molar-refractivity contribution in [2.24, 2.45) is 0 Å². The molecule has 3 N–H and O–H groups in total. The number of hydrogen-bond acceptors (Lipinski definition) is 5. The van der Waals surface area contributed by atoms with E-state index in [9.17, 15) is 0 Å². The van der Waals surface area contributed by atoms with E-state index in [4.69, 9.17) is 10.5 Å². The number of ether oxygens (including phenoxy) is 1. The molecule has 0 bridgehead atoms. The number of nitrogens with one attached hydrogen (secondary N) is 1. The van der Waals surface area contributed by atoms with E-state index in [2.05, 4.69) is 43.0 Å². The molecule has 0 amide bonds. The summed E-state index contributed by atoms with van der Waals surface area (Å²) in [4.78, 5) is 9.04. The average Bonchev–Trinajstić information content (AvgIpc) is 2.69. The number of anilines is 2. The minimum atomic E-state index is -0.115. The molecule has 5 heteroatoms. The van der Waals surface area contributed by atoms with Gasteiger partial charge in [0.15, 0.2) is 0 Å². The third kappa shape index (κ3) is 2.97. The lowest BCUT2D eigenvalue weighted by molar-refractivity contribution is 0.121. The summed E-state index contributed by atoms with van der Waals surface area (Å²) in [6.45, 7) is 11.1. The number of nitrogens with two attached hydrogens (primary N) is 1. The van der Waals surface area contributed by atoms with E-state index in [0.717, 1.165) is 30.2 Å². The number of rotatable bonds is 2. The highest BCUT2D eigenvalue weighted by Gasteiger charge is 2.26. The zero-order chi connectivity index (χ0) is 14.2. The van der Waals surface area contributed by atoms with Crippen molar-refractivity contribution in [1.29, 1.82) is 0 Å². The van der Waals surface area contributed by atoms with Gasteiger partial charge in [-0.15, -0.1) is 0 Å². The topological polar surface area (TPSA) is 73.1 Å². The van der Waals surface area contributed by atoms with Crippen LogP contribution in [0.1, 0.15) is 45.5 Å². The second-order valence-electron chi connectivity index (χ2n) is 6.27. The van der Waals surface area contributed by atoms with Crippen LogP contribution in [0.5, 0.6) is 0 Å². The Hall–Kier alpha value is -1.36. The maximum Gasteiger partial charge on any atom is 0.138 e. The molecule has 2 unspecified atom stereocenters.